The molecule has 1 N–H and O–H groups in total. The Hall–Kier alpha value is -2.63. The van der Waals surface area contributed by atoms with Crippen LogP contribution in [-0.2, 0) is 19.6 Å². The van der Waals surface area contributed by atoms with Crippen LogP contribution >= 0.6 is 0 Å². The van der Waals surface area contributed by atoms with E-state index in [4.69, 9.17) is 9.47 Å². The number of rotatable bonds is 9. The maximum absolute atomic E-state index is 13.1. The minimum Gasteiger partial charge on any atom is -0.481 e. The number of halogens is 3. The normalized spacial score (nSPS) is 16.6. The summed E-state index contributed by atoms with van der Waals surface area (Å²) in [4.78, 5) is 12.9. The number of anilines is 1. The minimum atomic E-state index is -4.53. The number of hydrogen-bond donors (Lipinski definition) is 1. The fourth-order valence-electron chi connectivity index (χ4n) is 3.76. The van der Waals surface area contributed by atoms with Crippen molar-refractivity contribution in [2.24, 2.45) is 5.92 Å². The number of carbonyl (C=O) groups is 1. The van der Waals surface area contributed by atoms with Crippen molar-refractivity contribution in [1.82, 2.24) is 4.31 Å². The Kier molecular flexibility index (Phi) is 8.79. The van der Waals surface area contributed by atoms with Gasteiger partial charge in [0.05, 0.1) is 11.5 Å². The molecule has 0 spiro atoms. The molecule has 1 aliphatic rings. The second-order valence-corrected chi connectivity index (χ2v) is 10.4. The molecule has 0 bridgehead atoms. The number of benzene rings is 2. The molecule has 0 aliphatic carbocycles. The third-order valence-corrected chi connectivity index (χ3v) is 7.75. The zero-order valence-electron chi connectivity index (χ0n) is 19.5. The summed E-state index contributed by atoms with van der Waals surface area (Å²) in [6, 6.07) is 12.3. The quantitative estimate of drug-likeness (QED) is 0.537. The topological polar surface area (TPSA) is 84.9 Å². The van der Waals surface area contributed by atoms with Gasteiger partial charge in [-0.15, -0.1) is 0 Å². The lowest BCUT2D eigenvalue weighted by molar-refractivity contribution is -0.199. The third kappa shape index (κ3) is 7.18. The maximum Gasteiger partial charge on any atom is 0.425 e. The third-order valence-electron chi connectivity index (χ3n) is 5.83. The van der Waals surface area contributed by atoms with Gasteiger partial charge in [-0.2, -0.15) is 17.5 Å². The molecule has 2 aromatic carbocycles. The zero-order valence-corrected chi connectivity index (χ0v) is 20.4. The van der Waals surface area contributed by atoms with Crippen LogP contribution < -0.4 is 10.1 Å². The number of hydrogen-bond acceptors (Lipinski definition) is 5. The summed E-state index contributed by atoms with van der Waals surface area (Å²) >= 11 is 0. The molecule has 1 amide bonds. The van der Waals surface area contributed by atoms with E-state index in [0.717, 1.165) is 5.56 Å². The number of ether oxygens (including phenoxy) is 2. The van der Waals surface area contributed by atoms with E-state index >= 15 is 0 Å². The van der Waals surface area contributed by atoms with Gasteiger partial charge in [-0.1, -0.05) is 17.7 Å². The molecule has 0 radical (unpaired) electrons. The van der Waals surface area contributed by atoms with E-state index in [1.54, 1.807) is 24.3 Å². The van der Waals surface area contributed by atoms with Gasteiger partial charge in [-0.3, -0.25) is 4.79 Å². The number of alkyl halides is 3. The zero-order chi connectivity index (χ0) is 25.6. The van der Waals surface area contributed by atoms with Crippen molar-refractivity contribution in [1.29, 1.82) is 0 Å². The largest absolute Gasteiger partial charge is 0.481 e. The van der Waals surface area contributed by atoms with Crippen LogP contribution in [0, 0.1) is 12.8 Å². The number of amides is 1. The first-order valence-electron chi connectivity index (χ1n) is 11.2. The van der Waals surface area contributed by atoms with Gasteiger partial charge in [0.2, 0.25) is 15.9 Å². The Balaban J connectivity index is 1.54. The molecule has 1 atom stereocenters. The molecule has 0 aromatic heterocycles. The first-order chi connectivity index (χ1) is 16.5. The first-order valence-corrected chi connectivity index (χ1v) is 12.6. The average molecular weight is 515 g/mol. The Labute approximate surface area is 203 Å². The molecule has 1 heterocycles. The van der Waals surface area contributed by atoms with Crippen molar-refractivity contribution < 1.29 is 35.9 Å². The summed E-state index contributed by atoms with van der Waals surface area (Å²) in [6.45, 7) is 2.23. The van der Waals surface area contributed by atoms with Crippen molar-refractivity contribution in [3.63, 3.8) is 0 Å². The molecule has 1 aliphatic heterocycles. The van der Waals surface area contributed by atoms with Crippen LogP contribution in [0.3, 0.4) is 0 Å². The van der Waals surface area contributed by atoms with Gasteiger partial charge in [0, 0.05) is 38.2 Å². The first kappa shape index (κ1) is 27.0. The average Bonchev–Trinajstić information content (AvgIpc) is 2.82. The second kappa shape index (κ2) is 11.4. The highest BCUT2D eigenvalue weighted by molar-refractivity contribution is 7.89. The Morgan fingerprint density at radius 2 is 1.69 bits per heavy atom. The molecule has 3 rings (SSSR count). The smallest absolute Gasteiger partial charge is 0.425 e. The fraction of sp³-hybridized carbons (Fsp3) is 0.458. The summed E-state index contributed by atoms with van der Waals surface area (Å²) in [5.41, 5.74) is 1.38. The Bertz CT molecular complexity index is 1080. The van der Waals surface area contributed by atoms with Crippen LogP contribution in [0.5, 0.6) is 5.75 Å². The summed E-state index contributed by atoms with van der Waals surface area (Å²) < 4.78 is 76.2. The summed E-state index contributed by atoms with van der Waals surface area (Å²) in [5.74, 6) is -0.616. The van der Waals surface area contributed by atoms with Crippen LogP contribution in [0.15, 0.2) is 53.4 Å². The number of piperidine rings is 1. The number of nitrogens with zero attached hydrogens (tertiary/aromatic N) is 1. The van der Waals surface area contributed by atoms with E-state index in [1.165, 1.54) is 35.7 Å². The summed E-state index contributed by atoms with van der Waals surface area (Å²) in [7, 11) is -2.30. The number of sulfonamides is 1. The Morgan fingerprint density at radius 3 is 2.23 bits per heavy atom. The minimum absolute atomic E-state index is 0.0241. The monoisotopic (exact) mass is 514 g/mol. The van der Waals surface area contributed by atoms with Crippen molar-refractivity contribution in [3.05, 3.63) is 54.1 Å². The molecular formula is C24H29F3N2O5S. The lowest BCUT2D eigenvalue weighted by Crippen LogP contribution is -2.41. The molecule has 1 saturated heterocycles. The van der Waals surface area contributed by atoms with Crippen LogP contribution in [0.25, 0.3) is 0 Å². The van der Waals surface area contributed by atoms with Gasteiger partial charge < -0.3 is 14.8 Å². The number of methoxy groups -OCH3 is 1. The molecule has 35 heavy (non-hydrogen) atoms. The summed E-state index contributed by atoms with van der Waals surface area (Å²) in [6.07, 6.45) is -6.14. The van der Waals surface area contributed by atoms with Gasteiger partial charge in [0.25, 0.3) is 0 Å². The molecule has 0 unspecified atom stereocenters. The standard InChI is InChI=1S/C24H29F3N2O5S/c1-17-3-9-21(10-4-17)35(31,32)29-14-11-18(12-15-29)23(30)28-19-5-7-20(8-6-19)34-22(13-16-33-2)24(25,26)27/h3-10,18,22H,11-16H2,1-2H3,(H,28,30)/t22-/m1/s1. The molecule has 1 fully saturated rings. The molecule has 7 nitrogen and oxygen atoms in total. The second-order valence-electron chi connectivity index (χ2n) is 8.43. The van der Waals surface area contributed by atoms with Crippen molar-refractivity contribution >= 4 is 21.6 Å². The SMILES string of the molecule is COCC[C@@H](Oc1ccc(NC(=O)C2CCN(S(=O)(=O)c3ccc(C)cc3)CC2)cc1)C(F)(F)F. The molecule has 192 valence electrons. The number of carbonyl (C=O) groups excluding carboxylic acids is 1. The Morgan fingerprint density at radius 1 is 1.09 bits per heavy atom. The molecule has 11 heteroatoms. The highest BCUT2D eigenvalue weighted by Crippen LogP contribution is 2.29. The number of aryl methyl sites for hydroxylation is 1. The highest BCUT2D eigenvalue weighted by atomic mass is 32.2. The maximum atomic E-state index is 13.1. The van der Waals surface area contributed by atoms with E-state index in [2.05, 4.69) is 5.32 Å². The van der Waals surface area contributed by atoms with Crippen LogP contribution in [0.4, 0.5) is 18.9 Å². The lowest BCUT2D eigenvalue weighted by atomic mass is 9.97. The molecular weight excluding hydrogens is 485 g/mol. The molecule has 2 aromatic rings. The van der Waals surface area contributed by atoms with Gasteiger partial charge in [-0.05, 0) is 56.2 Å². The van der Waals surface area contributed by atoms with E-state index in [-0.39, 0.29) is 48.6 Å². The van der Waals surface area contributed by atoms with Gasteiger partial charge >= 0.3 is 6.18 Å². The fourth-order valence-corrected chi connectivity index (χ4v) is 5.23. The van der Waals surface area contributed by atoms with E-state index in [0.29, 0.717) is 18.5 Å². The van der Waals surface area contributed by atoms with Gasteiger partial charge in [0.1, 0.15) is 5.75 Å². The predicted octanol–water partition coefficient (Wildman–Crippen LogP) is 4.38. The molecule has 0 saturated carbocycles. The van der Waals surface area contributed by atoms with E-state index < -0.39 is 22.3 Å². The van der Waals surface area contributed by atoms with Gasteiger partial charge in [-0.25, -0.2) is 8.42 Å². The van der Waals surface area contributed by atoms with Crippen molar-refractivity contribution in [3.8, 4) is 5.75 Å². The van der Waals surface area contributed by atoms with Gasteiger partial charge in [0.15, 0.2) is 6.10 Å². The van der Waals surface area contributed by atoms with Crippen LogP contribution in [-0.4, -0.2) is 57.7 Å². The van der Waals surface area contributed by atoms with Crippen molar-refractivity contribution in [2.75, 3.05) is 32.1 Å². The van der Waals surface area contributed by atoms with Crippen molar-refractivity contribution in [2.45, 2.75) is 43.4 Å². The number of nitrogens with one attached hydrogen (secondary N) is 1. The van der Waals surface area contributed by atoms with Crippen LogP contribution in [0.1, 0.15) is 24.8 Å². The summed E-state index contributed by atoms with van der Waals surface area (Å²) in [5, 5.41) is 2.74. The van der Waals surface area contributed by atoms with E-state index in [9.17, 15) is 26.4 Å². The van der Waals surface area contributed by atoms with E-state index in [1.807, 2.05) is 6.92 Å². The lowest BCUT2D eigenvalue weighted by Gasteiger charge is -2.30. The predicted molar refractivity (Wildman–Crippen MR) is 125 cm³/mol. The van der Waals surface area contributed by atoms with Crippen LogP contribution in [0.2, 0.25) is 0 Å². The highest BCUT2D eigenvalue weighted by Gasteiger charge is 2.41.